The highest BCUT2D eigenvalue weighted by molar-refractivity contribution is 5.47. The van der Waals surface area contributed by atoms with Crippen molar-refractivity contribution in [2.45, 2.75) is 39.2 Å². The van der Waals surface area contributed by atoms with E-state index in [4.69, 9.17) is 16.2 Å². The van der Waals surface area contributed by atoms with Crippen LogP contribution in [-0.2, 0) is 5.41 Å². The third-order valence-electron chi connectivity index (χ3n) is 3.03. The van der Waals surface area contributed by atoms with E-state index < -0.39 is 0 Å². The van der Waals surface area contributed by atoms with Gasteiger partial charge >= 0.3 is 0 Å². The quantitative estimate of drug-likeness (QED) is 0.846. The van der Waals surface area contributed by atoms with E-state index in [9.17, 15) is 0 Å². The average molecular weight is 236 g/mol. The Labute approximate surface area is 104 Å². The largest absolute Gasteiger partial charge is 0.496 e. The molecule has 0 fully saturated rings. The van der Waals surface area contributed by atoms with E-state index in [0.29, 0.717) is 6.54 Å². The highest BCUT2D eigenvalue weighted by Gasteiger charge is 2.20. The average Bonchev–Trinajstić information content (AvgIpc) is 2.25. The van der Waals surface area contributed by atoms with Crippen molar-refractivity contribution in [3.8, 4) is 5.75 Å². The van der Waals surface area contributed by atoms with Crippen molar-refractivity contribution >= 4 is 0 Å². The minimum absolute atomic E-state index is 0.0973. The zero-order valence-electron chi connectivity index (χ0n) is 11.5. The third-order valence-corrected chi connectivity index (χ3v) is 3.03. The molecular weight excluding hydrogens is 212 g/mol. The molecule has 0 heterocycles. The second-order valence-corrected chi connectivity index (χ2v) is 5.51. The van der Waals surface area contributed by atoms with Crippen LogP contribution in [0.4, 0.5) is 0 Å². The fourth-order valence-electron chi connectivity index (χ4n) is 1.92. The van der Waals surface area contributed by atoms with E-state index in [1.54, 1.807) is 7.11 Å². The third kappa shape index (κ3) is 2.99. The molecule has 0 spiro atoms. The number of ether oxygens (including phenoxy) is 1. The standard InChI is InChI=1S/C14H24N2O/c1-9-6-10(14(2,3)4)7-11(12(16)8-15)13(9)17-5/h6-7,12H,8,15-16H2,1-5H3. The van der Waals surface area contributed by atoms with Crippen molar-refractivity contribution in [1.82, 2.24) is 0 Å². The molecule has 0 aliphatic heterocycles. The van der Waals surface area contributed by atoms with Gasteiger partial charge in [0, 0.05) is 18.2 Å². The van der Waals surface area contributed by atoms with Crippen LogP contribution in [0.25, 0.3) is 0 Å². The Balaban J connectivity index is 3.39. The van der Waals surface area contributed by atoms with Gasteiger partial charge in [-0.15, -0.1) is 0 Å². The molecule has 1 rings (SSSR count). The Morgan fingerprint density at radius 1 is 1.29 bits per heavy atom. The molecule has 17 heavy (non-hydrogen) atoms. The first kappa shape index (κ1) is 14.0. The molecule has 3 heteroatoms. The minimum Gasteiger partial charge on any atom is -0.496 e. The summed E-state index contributed by atoms with van der Waals surface area (Å²) in [5.74, 6) is 0.857. The summed E-state index contributed by atoms with van der Waals surface area (Å²) in [4.78, 5) is 0. The van der Waals surface area contributed by atoms with Crippen LogP contribution < -0.4 is 16.2 Å². The maximum absolute atomic E-state index is 6.05. The molecule has 1 unspecified atom stereocenters. The van der Waals surface area contributed by atoms with E-state index in [2.05, 4.69) is 32.9 Å². The molecule has 0 aliphatic rings. The lowest BCUT2D eigenvalue weighted by Gasteiger charge is -2.24. The SMILES string of the molecule is COc1c(C)cc(C(C)(C)C)cc1C(N)CN. The zero-order chi connectivity index (χ0) is 13.2. The lowest BCUT2D eigenvalue weighted by molar-refractivity contribution is 0.402. The van der Waals surface area contributed by atoms with Gasteiger partial charge in [-0.05, 0) is 29.5 Å². The number of aryl methyl sites for hydroxylation is 1. The lowest BCUT2D eigenvalue weighted by Crippen LogP contribution is -2.23. The normalized spacial score (nSPS) is 13.6. The van der Waals surface area contributed by atoms with Crippen LogP contribution in [-0.4, -0.2) is 13.7 Å². The molecule has 0 bridgehead atoms. The molecule has 1 aromatic rings. The predicted molar refractivity (Wildman–Crippen MR) is 72.4 cm³/mol. The summed E-state index contributed by atoms with van der Waals surface area (Å²) in [6.45, 7) is 9.02. The highest BCUT2D eigenvalue weighted by Crippen LogP contribution is 2.33. The van der Waals surface area contributed by atoms with E-state index in [-0.39, 0.29) is 11.5 Å². The van der Waals surface area contributed by atoms with Crippen molar-refractivity contribution in [2.75, 3.05) is 13.7 Å². The van der Waals surface area contributed by atoms with Crippen molar-refractivity contribution in [1.29, 1.82) is 0 Å². The Morgan fingerprint density at radius 3 is 2.29 bits per heavy atom. The molecule has 0 saturated heterocycles. The summed E-state index contributed by atoms with van der Waals surface area (Å²) in [6, 6.07) is 4.10. The van der Waals surface area contributed by atoms with Gasteiger partial charge in [-0.1, -0.05) is 26.8 Å². The first-order chi connectivity index (χ1) is 7.81. The first-order valence-corrected chi connectivity index (χ1v) is 5.96. The van der Waals surface area contributed by atoms with E-state index in [1.165, 1.54) is 5.56 Å². The van der Waals surface area contributed by atoms with E-state index in [0.717, 1.165) is 16.9 Å². The fourth-order valence-corrected chi connectivity index (χ4v) is 1.92. The Bertz CT molecular complexity index is 394. The molecule has 0 aromatic heterocycles. The number of hydrogen-bond acceptors (Lipinski definition) is 3. The predicted octanol–water partition coefficient (Wildman–Crippen LogP) is 2.26. The number of methoxy groups -OCH3 is 1. The van der Waals surface area contributed by atoms with Gasteiger partial charge in [-0.25, -0.2) is 0 Å². The Kier molecular flexibility index (Phi) is 4.17. The van der Waals surface area contributed by atoms with Crippen LogP contribution in [0.15, 0.2) is 12.1 Å². The van der Waals surface area contributed by atoms with Gasteiger partial charge in [0.1, 0.15) is 5.75 Å². The minimum atomic E-state index is -0.175. The molecule has 1 aromatic carbocycles. The van der Waals surface area contributed by atoms with Crippen LogP contribution in [0.2, 0.25) is 0 Å². The lowest BCUT2D eigenvalue weighted by atomic mass is 9.84. The molecule has 0 amide bonds. The maximum atomic E-state index is 6.05. The molecule has 96 valence electrons. The van der Waals surface area contributed by atoms with Gasteiger partial charge in [-0.3, -0.25) is 0 Å². The van der Waals surface area contributed by atoms with Crippen LogP contribution in [0.3, 0.4) is 0 Å². The van der Waals surface area contributed by atoms with Gasteiger partial charge < -0.3 is 16.2 Å². The highest BCUT2D eigenvalue weighted by atomic mass is 16.5. The molecule has 0 aliphatic carbocycles. The summed E-state index contributed by atoms with van der Waals surface area (Å²) in [7, 11) is 1.67. The number of benzene rings is 1. The Hall–Kier alpha value is -1.06. The van der Waals surface area contributed by atoms with Gasteiger partial charge in [-0.2, -0.15) is 0 Å². The summed E-state index contributed by atoms with van der Waals surface area (Å²) < 4.78 is 5.43. The molecule has 4 N–H and O–H groups in total. The monoisotopic (exact) mass is 236 g/mol. The van der Waals surface area contributed by atoms with Crippen molar-refractivity contribution < 1.29 is 4.74 Å². The summed E-state index contributed by atoms with van der Waals surface area (Å²) >= 11 is 0. The van der Waals surface area contributed by atoms with E-state index in [1.807, 2.05) is 6.92 Å². The van der Waals surface area contributed by atoms with Gasteiger partial charge in [0.05, 0.1) is 7.11 Å². The topological polar surface area (TPSA) is 61.3 Å². The molecule has 0 saturated carbocycles. The van der Waals surface area contributed by atoms with Gasteiger partial charge in [0.25, 0.3) is 0 Å². The van der Waals surface area contributed by atoms with Crippen LogP contribution in [0.5, 0.6) is 5.75 Å². The summed E-state index contributed by atoms with van der Waals surface area (Å²) in [5, 5.41) is 0. The number of rotatable bonds is 3. The van der Waals surface area contributed by atoms with Crippen molar-refractivity contribution in [2.24, 2.45) is 11.5 Å². The maximum Gasteiger partial charge on any atom is 0.126 e. The zero-order valence-corrected chi connectivity index (χ0v) is 11.5. The first-order valence-electron chi connectivity index (χ1n) is 5.96. The van der Waals surface area contributed by atoms with E-state index >= 15 is 0 Å². The summed E-state index contributed by atoms with van der Waals surface area (Å²) in [6.07, 6.45) is 0. The second-order valence-electron chi connectivity index (χ2n) is 5.51. The van der Waals surface area contributed by atoms with Crippen LogP contribution in [0, 0.1) is 6.92 Å². The molecular formula is C14H24N2O. The Morgan fingerprint density at radius 2 is 1.88 bits per heavy atom. The molecule has 3 nitrogen and oxygen atoms in total. The van der Waals surface area contributed by atoms with Gasteiger partial charge in [0.2, 0.25) is 0 Å². The van der Waals surface area contributed by atoms with Crippen LogP contribution in [0.1, 0.15) is 43.5 Å². The number of hydrogen-bond donors (Lipinski definition) is 2. The van der Waals surface area contributed by atoms with Crippen LogP contribution >= 0.6 is 0 Å². The summed E-state index contributed by atoms with van der Waals surface area (Å²) in [5.41, 5.74) is 15.2. The fraction of sp³-hybridized carbons (Fsp3) is 0.571. The molecule has 1 atom stereocenters. The smallest absolute Gasteiger partial charge is 0.126 e. The van der Waals surface area contributed by atoms with Crippen molar-refractivity contribution in [3.63, 3.8) is 0 Å². The van der Waals surface area contributed by atoms with Crippen molar-refractivity contribution in [3.05, 3.63) is 28.8 Å². The molecule has 0 radical (unpaired) electrons. The second kappa shape index (κ2) is 5.07. The number of nitrogens with two attached hydrogens (primary N) is 2. The van der Waals surface area contributed by atoms with Gasteiger partial charge in [0.15, 0.2) is 0 Å².